The molecule has 4 nitrogen and oxygen atoms in total. The van der Waals surface area contributed by atoms with Crippen LogP contribution >= 0.6 is 34.5 Å². The zero-order chi connectivity index (χ0) is 15.7. The van der Waals surface area contributed by atoms with Crippen molar-refractivity contribution in [2.75, 3.05) is 16.8 Å². The van der Waals surface area contributed by atoms with Gasteiger partial charge in [0, 0.05) is 24.3 Å². The predicted molar refractivity (Wildman–Crippen MR) is 90.3 cm³/mol. The van der Waals surface area contributed by atoms with Gasteiger partial charge in [-0.25, -0.2) is 0 Å². The largest absolute Gasteiger partial charge is 0.322 e. The maximum atomic E-state index is 12.2. The smallest absolute Gasteiger partial charge is 0.258 e. The first-order chi connectivity index (χ1) is 10.5. The number of nitrogens with one attached hydrogen (secondary N) is 1. The molecule has 3 rings (SSSR count). The number of carbonyl (C=O) groups excluding carboxylic acids is 2. The third-order valence-electron chi connectivity index (χ3n) is 3.39. The SMILES string of the molecule is O=C(Nc1cccc(N2CCCC2=O)c1)c1cc(Cl)sc1Cl. The maximum Gasteiger partial charge on any atom is 0.258 e. The fourth-order valence-corrected chi connectivity index (χ4v) is 3.82. The zero-order valence-electron chi connectivity index (χ0n) is 11.4. The summed E-state index contributed by atoms with van der Waals surface area (Å²) in [5, 5.41) is 2.78. The van der Waals surface area contributed by atoms with Gasteiger partial charge in [-0.05, 0) is 30.7 Å². The van der Waals surface area contributed by atoms with Gasteiger partial charge in [-0.15, -0.1) is 11.3 Å². The van der Waals surface area contributed by atoms with Crippen molar-refractivity contribution in [3.63, 3.8) is 0 Å². The highest BCUT2D eigenvalue weighted by atomic mass is 35.5. The van der Waals surface area contributed by atoms with Gasteiger partial charge < -0.3 is 10.2 Å². The van der Waals surface area contributed by atoms with Crippen molar-refractivity contribution in [1.82, 2.24) is 0 Å². The van der Waals surface area contributed by atoms with Gasteiger partial charge in [-0.3, -0.25) is 9.59 Å². The first kappa shape index (κ1) is 15.3. The molecule has 1 aromatic heterocycles. The second kappa shape index (κ2) is 6.28. The van der Waals surface area contributed by atoms with E-state index in [4.69, 9.17) is 23.2 Å². The molecule has 0 spiro atoms. The molecule has 0 atom stereocenters. The standard InChI is InChI=1S/C15H12Cl2N2O2S/c16-12-8-11(14(17)22-12)15(21)18-9-3-1-4-10(7-9)19-6-2-5-13(19)20/h1,3-4,7-8H,2,5-6H2,(H,18,21). The van der Waals surface area contributed by atoms with Gasteiger partial charge >= 0.3 is 0 Å². The van der Waals surface area contributed by atoms with Crippen molar-refractivity contribution >= 4 is 57.7 Å². The molecule has 1 aromatic carbocycles. The van der Waals surface area contributed by atoms with E-state index in [9.17, 15) is 9.59 Å². The lowest BCUT2D eigenvalue weighted by atomic mass is 10.2. The van der Waals surface area contributed by atoms with E-state index in [-0.39, 0.29) is 11.8 Å². The van der Waals surface area contributed by atoms with Crippen LogP contribution in [0.2, 0.25) is 8.67 Å². The lowest BCUT2D eigenvalue weighted by molar-refractivity contribution is -0.117. The Kier molecular flexibility index (Phi) is 4.38. The van der Waals surface area contributed by atoms with Gasteiger partial charge in [0.15, 0.2) is 0 Å². The first-order valence-corrected chi connectivity index (χ1v) is 8.28. The summed E-state index contributed by atoms with van der Waals surface area (Å²) >= 11 is 13.0. The van der Waals surface area contributed by atoms with Crippen LogP contribution in [0.1, 0.15) is 23.2 Å². The number of amides is 2. The van der Waals surface area contributed by atoms with E-state index >= 15 is 0 Å². The number of rotatable bonds is 3. The minimum Gasteiger partial charge on any atom is -0.322 e. The number of thiophene rings is 1. The van der Waals surface area contributed by atoms with Crippen LogP contribution in [0.3, 0.4) is 0 Å². The molecule has 1 N–H and O–H groups in total. The van der Waals surface area contributed by atoms with Crippen molar-refractivity contribution < 1.29 is 9.59 Å². The van der Waals surface area contributed by atoms with Crippen molar-refractivity contribution in [2.24, 2.45) is 0 Å². The van der Waals surface area contributed by atoms with Crippen molar-refractivity contribution in [3.8, 4) is 0 Å². The summed E-state index contributed by atoms with van der Waals surface area (Å²) in [6, 6.07) is 8.75. The highest BCUT2D eigenvalue weighted by Crippen LogP contribution is 2.32. The molecule has 1 fully saturated rings. The molecule has 2 heterocycles. The van der Waals surface area contributed by atoms with Crippen LogP contribution in [0.5, 0.6) is 0 Å². The molecule has 0 unspecified atom stereocenters. The zero-order valence-corrected chi connectivity index (χ0v) is 13.8. The Balaban J connectivity index is 1.79. The Morgan fingerprint density at radius 3 is 2.73 bits per heavy atom. The highest BCUT2D eigenvalue weighted by Gasteiger charge is 2.22. The second-order valence-corrected chi connectivity index (χ2v) is 7.18. The summed E-state index contributed by atoms with van der Waals surface area (Å²) in [7, 11) is 0. The third kappa shape index (κ3) is 3.11. The molecule has 1 aliphatic rings. The van der Waals surface area contributed by atoms with Gasteiger partial charge in [-0.1, -0.05) is 29.3 Å². The van der Waals surface area contributed by atoms with Crippen LogP contribution in [-0.4, -0.2) is 18.4 Å². The Morgan fingerprint density at radius 1 is 1.27 bits per heavy atom. The molecule has 7 heteroatoms. The first-order valence-electron chi connectivity index (χ1n) is 6.71. The second-order valence-electron chi connectivity index (χ2n) is 4.89. The Labute approximate surface area is 141 Å². The fourth-order valence-electron chi connectivity index (χ4n) is 2.37. The Morgan fingerprint density at radius 2 is 2.09 bits per heavy atom. The number of halogens is 2. The molecule has 22 heavy (non-hydrogen) atoms. The third-order valence-corrected chi connectivity index (χ3v) is 4.88. The predicted octanol–water partition coefficient (Wildman–Crippen LogP) is 4.43. The van der Waals surface area contributed by atoms with Crippen LogP contribution in [0.15, 0.2) is 30.3 Å². The van der Waals surface area contributed by atoms with Crippen molar-refractivity contribution in [1.29, 1.82) is 0 Å². The van der Waals surface area contributed by atoms with E-state index in [2.05, 4.69) is 5.32 Å². The van der Waals surface area contributed by atoms with E-state index in [0.717, 1.165) is 23.4 Å². The summed E-state index contributed by atoms with van der Waals surface area (Å²) in [6.07, 6.45) is 1.43. The average Bonchev–Trinajstić information content (AvgIpc) is 3.04. The average molecular weight is 355 g/mol. The van der Waals surface area contributed by atoms with E-state index in [1.807, 2.05) is 6.07 Å². The maximum absolute atomic E-state index is 12.2. The monoisotopic (exact) mass is 354 g/mol. The number of anilines is 2. The molecule has 2 amide bonds. The molecule has 0 saturated carbocycles. The van der Waals surface area contributed by atoms with E-state index < -0.39 is 0 Å². The number of carbonyl (C=O) groups is 2. The minimum atomic E-state index is -0.321. The number of nitrogens with zero attached hydrogens (tertiary/aromatic N) is 1. The van der Waals surface area contributed by atoms with Gasteiger partial charge in [0.1, 0.15) is 4.34 Å². The molecule has 2 aromatic rings. The fraction of sp³-hybridized carbons (Fsp3) is 0.200. The highest BCUT2D eigenvalue weighted by molar-refractivity contribution is 7.20. The Hall–Kier alpha value is -1.56. The number of hydrogen-bond acceptors (Lipinski definition) is 3. The lowest BCUT2D eigenvalue weighted by Crippen LogP contribution is -2.23. The topological polar surface area (TPSA) is 49.4 Å². The molecule has 1 aliphatic heterocycles. The van der Waals surface area contributed by atoms with Crippen LogP contribution in [0, 0.1) is 0 Å². The van der Waals surface area contributed by atoms with Gasteiger partial charge in [0.25, 0.3) is 5.91 Å². The summed E-state index contributed by atoms with van der Waals surface area (Å²) < 4.78 is 0.819. The van der Waals surface area contributed by atoms with Crippen LogP contribution in [-0.2, 0) is 4.79 Å². The summed E-state index contributed by atoms with van der Waals surface area (Å²) in [5.74, 6) is -0.214. The molecule has 0 bridgehead atoms. The van der Waals surface area contributed by atoms with E-state index in [1.54, 1.807) is 23.1 Å². The van der Waals surface area contributed by atoms with Gasteiger partial charge in [0.2, 0.25) is 5.91 Å². The summed E-state index contributed by atoms with van der Waals surface area (Å²) in [4.78, 5) is 25.7. The van der Waals surface area contributed by atoms with Crippen LogP contribution < -0.4 is 10.2 Å². The van der Waals surface area contributed by atoms with Gasteiger partial charge in [-0.2, -0.15) is 0 Å². The normalized spacial score (nSPS) is 14.5. The van der Waals surface area contributed by atoms with Crippen LogP contribution in [0.4, 0.5) is 11.4 Å². The van der Waals surface area contributed by atoms with E-state index in [0.29, 0.717) is 32.9 Å². The van der Waals surface area contributed by atoms with Crippen LogP contribution in [0.25, 0.3) is 0 Å². The van der Waals surface area contributed by atoms with Crippen molar-refractivity contribution in [3.05, 3.63) is 44.6 Å². The quantitative estimate of drug-likeness (QED) is 0.885. The molecule has 114 valence electrons. The Bertz CT molecular complexity index is 745. The number of benzene rings is 1. The molecule has 0 radical (unpaired) electrons. The summed E-state index contributed by atoms with van der Waals surface area (Å²) in [5.41, 5.74) is 1.75. The molecular weight excluding hydrogens is 343 g/mol. The molecule has 1 saturated heterocycles. The lowest BCUT2D eigenvalue weighted by Gasteiger charge is -2.16. The molecule has 0 aliphatic carbocycles. The number of hydrogen-bond donors (Lipinski definition) is 1. The minimum absolute atomic E-state index is 0.108. The molecular formula is C15H12Cl2N2O2S. The van der Waals surface area contributed by atoms with Gasteiger partial charge in [0.05, 0.1) is 9.90 Å². The summed E-state index contributed by atoms with van der Waals surface area (Å²) in [6.45, 7) is 0.711. The van der Waals surface area contributed by atoms with Crippen molar-refractivity contribution in [2.45, 2.75) is 12.8 Å². The van der Waals surface area contributed by atoms with E-state index in [1.165, 1.54) is 6.07 Å².